The molecule has 1 atom stereocenters. The summed E-state index contributed by atoms with van der Waals surface area (Å²) in [5, 5.41) is 6.81. The summed E-state index contributed by atoms with van der Waals surface area (Å²) in [4.78, 5) is 12.5. The van der Waals surface area contributed by atoms with Gasteiger partial charge in [0, 0.05) is 23.9 Å². The molecule has 0 radical (unpaired) electrons. The van der Waals surface area contributed by atoms with Crippen LogP contribution in [0.25, 0.3) is 0 Å². The number of hydrogen-bond donors (Lipinski definition) is 2. The molecule has 3 heteroatoms. The number of allylic oxidation sites excluding steroid dienone is 5. The second-order valence-electron chi connectivity index (χ2n) is 10.5. The monoisotopic (exact) mass is 434 g/mol. The highest BCUT2D eigenvalue weighted by atomic mass is 16.1. The molecule has 1 aliphatic rings. The van der Waals surface area contributed by atoms with Crippen LogP contribution in [0.1, 0.15) is 79.2 Å². The smallest absolute Gasteiger partial charge is 0.224 e. The SMILES string of the molecule is C=C(CCc1ccccc1)NC1CCC(C)=C(/C(C(=C)C)=C(\C)NC(=O)CC(C)(C)C)C1. The van der Waals surface area contributed by atoms with Gasteiger partial charge in [-0.15, -0.1) is 0 Å². The molecular formula is C29H42N2O. The lowest BCUT2D eigenvalue weighted by Gasteiger charge is -2.31. The fourth-order valence-electron chi connectivity index (χ4n) is 4.41. The van der Waals surface area contributed by atoms with Crippen molar-refractivity contribution in [1.82, 2.24) is 10.6 Å². The fourth-order valence-corrected chi connectivity index (χ4v) is 4.41. The van der Waals surface area contributed by atoms with Crippen LogP contribution in [0.3, 0.4) is 0 Å². The molecule has 1 aliphatic carbocycles. The van der Waals surface area contributed by atoms with Crippen molar-refractivity contribution in [1.29, 1.82) is 0 Å². The normalized spacial score (nSPS) is 17.5. The highest BCUT2D eigenvalue weighted by Crippen LogP contribution is 2.34. The van der Waals surface area contributed by atoms with Crippen LogP contribution in [-0.4, -0.2) is 11.9 Å². The molecule has 2 rings (SSSR count). The largest absolute Gasteiger partial charge is 0.386 e. The van der Waals surface area contributed by atoms with E-state index < -0.39 is 0 Å². The van der Waals surface area contributed by atoms with E-state index in [2.05, 4.69) is 81.8 Å². The lowest BCUT2D eigenvalue weighted by atomic mass is 9.82. The molecule has 0 spiro atoms. The predicted molar refractivity (Wildman–Crippen MR) is 137 cm³/mol. The Labute approximate surface area is 195 Å². The minimum absolute atomic E-state index is 0.0388. The summed E-state index contributed by atoms with van der Waals surface area (Å²) >= 11 is 0. The molecule has 1 aromatic carbocycles. The molecule has 2 N–H and O–H groups in total. The Kier molecular flexibility index (Phi) is 9.12. The van der Waals surface area contributed by atoms with Crippen molar-refractivity contribution in [3.05, 3.63) is 82.7 Å². The number of benzene rings is 1. The molecule has 1 aromatic rings. The summed E-state index contributed by atoms with van der Waals surface area (Å²) in [6.45, 7) is 21.0. The number of carbonyl (C=O) groups excluding carboxylic acids is 1. The van der Waals surface area contributed by atoms with Crippen molar-refractivity contribution >= 4 is 5.91 Å². The van der Waals surface area contributed by atoms with E-state index >= 15 is 0 Å². The van der Waals surface area contributed by atoms with Crippen LogP contribution in [0.4, 0.5) is 0 Å². The maximum absolute atomic E-state index is 12.5. The van der Waals surface area contributed by atoms with Crippen molar-refractivity contribution < 1.29 is 4.79 Å². The molecule has 0 aliphatic heterocycles. The third-order valence-corrected chi connectivity index (χ3v) is 5.92. The highest BCUT2D eigenvalue weighted by Gasteiger charge is 2.24. The molecule has 0 aromatic heterocycles. The van der Waals surface area contributed by atoms with Crippen molar-refractivity contribution in [3.8, 4) is 0 Å². The van der Waals surface area contributed by atoms with Crippen LogP contribution in [0.5, 0.6) is 0 Å². The maximum Gasteiger partial charge on any atom is 0.224 e. The summed E-state index contributed by atoms with van der Waals surface area (Å²) in [5.41, 5.74) is 8.10. The van der Waals surface area contributed by atoms with Crippen LogP contribution >= 0.6 is 0 Å². The second-order valence-corrected chi connectivity index (χ2v) is 10.5. The maximum atomic E-state index is 12.5. The lowest BCUT2D eigenvalue weighted by Crippen LogP contribution is -2.32. The summed E-state index contributed by atoms with van der Waals surface area (Å²) in [6.07, 6.45) is 5.49. The zero-order valence-corrected chi connectivity index (χ0v) is 21.0. The summed E-state index contributed by atoms with van der Waals surface area (Å²) in [5.74, 6) is 0.0618. The van der Waals surface area contributed by atoms with E-state index in [9.17, 15) is 4.79 Å². The van der Waals surface area contributed by atoms with Gasteiger partial charge in [0.1, 0.15) is 0 Å². The predicted octanol–water partition coefficient (Wildman–Crippen LogP) is 6.99. The first-order chi connectivity index (χ1) is 15.0. The Morgan fingerprint density at radius 3 is 2.38 bits per heavy atom. The first kappa shape index (κ1) is 25.7. The van der Waals surface area contributed by atoms with Gasteiger partial charge in [-0.05, 0) is 80.6 Å². The summed E-state index contributed by atoms with van der Waals surface area (Å²) < 4.78 is 0. The number of aryl methyl sites for hydroxylation is 1. The van der Waals surface area contributed by atoms with Gasteiger partial charge in [0.2, 0.25) is 5.91 Å². The van der Waals surface area contributed by atoms with Gasteiger partial charge < -0.3 is 10.6 Å². The quantitative estimate of drug-likeness (QED) is 0.411. The van der Waals surface area contributed by atoms with Gasteiger partial charge in [-0.2, -0.15) is 0 Å². The van der Waals surface area contributed by atoms with E-state index in [1.54, 1.807) is 0 Å². The third kappa shape index (κ3) is 8.18. The van der Waals surface area contributed by atoms with Crippen molar-refractivity contribution in [2.75, 3.05) is 0 Å². The van der Waals surface area contributed by atoms with Crippen LogP contribution in [0, 0.1) is 5.41 Å². The zero-order valence-electron chi connectivity index (χ0n) is 21.0. The molecule has 174 valence electrons. The molecule has 0 heterocycles. The minimum atomic E-state index is -0.0388. The van der Waals surface area contributed by atoms with E-state index in [4.69, 9.17) is 0 Å². The average molecular weight is 435 g/mol. The van der Waals surface area contributed by atoms with Crippen molar-refractivity contribution in [3.63, 3.8) is 0 Å². The molecule has 0 fully saturated rings. The van der Waals surface area contributed by atoms with Gasteiger partial charge in [0.05, 0.1) is 0 Å². The van der Waals surface area contributed by atoms with Crippen molar-refractivity contribution in [2.45, 2.75) is 86.1 Å². The van der Waals surface area contributed by atoms with Gasteiger partial charge >= 0.3 is 0 Å². The topological polar surface area (TPSA) is 41.1 Å². The van der Waals surface area contributed by atoms with Crippen molar-refractivity contribution in [2.24, 2.45) is 5.41 Å². The fraction of sp³-hybridized carbons (Fsp3) is 0.483. The number of amides is 1. The van der Waals surface area contributed by atoms with Gasteiger partial charge in [-0.1, -0.05) is 69.8 Å². The first-order valence-corrected chi connectivity index (χ1v) is 11.8. The van der Waals surface area contributed by atoms with Crippen LogP contribution in [0.2, 0.25) is 0 Å². The number of rotatable bonds is 9. The highest BCUT2D eigenvalue weighted by molar-refractivity contribution is 5.79. The Morgan fingerprint density at radius 2 is 1.78 bits per heavy atom. The van der Waals surface area contributed by atoms with E-state index in [1.165, 1.54) is 16.7 Å². The average Bonchev–Trinajstić information content (AvgIpc) is 2.68. The van der Waals surface area contributed by atoms with E-state index in [1.807, 2.05) is 13.8 Å². The summed E-state index contributed by atoms with van der Waals surface area (Å²) in [7, 11) is 0. The standard InChI is InChI=1S/C29H42N2O/c1-20(2)28(23(5)31-27(32)19-29(6,7)8)26-18-25(17-14-21(26)3)30-22(4)15-16-24-12-10-9-11-13-24/h9-13,25,30H,1,4,14-19H2,2-3,5-8H3,(H,31,32)/b28-23+. The molecule has 32 heavy (non-hydrogen) atoms. The number of nitrogens with one attached hydrogen (secondary N) is 2. The number of carbonyl (C=O) groups is 1. The van der Waals surface area contributed by atoms with Crippen LogP contribution in [0.15, 0.2) is 77.2 Å². The van der Waals surface area contributed by atoms with Gasteiger partial charge in [-0.25, -0.2) is 0 Å². The molecule has 3 nitrogen and oxygen atoms in total. The molecule has 0 saturated heterocycles. The zero-order chi connectivity index (χ0) is 23.9. The first-order valence-electron chi connectivity index (χ1n) is 11.8. The molecule has 1 amide bonds. The number of hydrogen-bond acceptors (Lipinski definition) is 2. The van der Waals surface area contributed by atoms with Gasteiger partial charge in [0.25, 0.3) is 0 Å². The van der Waals surface area contributed by atoms with E-state index in [0.29, 0.717) is 12.5 Å². The van der Waals surface area contributed by atoms with E-state index in [-0.39, 0.29) is 11.3 Å². The molecule has 0 saturated carbocycles. The molecular weight excluding hydrogens is 392 g/mol. The third-order valence-electron chi connectivity index (χ3n) is 5.92. The Bertz CT molecular complexity index is 897. The minimum Gasteiger partial charge on any atom is -0.386 e. The molecule has 0 bridgehead atoms. The Hall–Kier alpha value is -2.55. The van der Waals surface area contributed by atoms with Gasteiger partial charge in [-0.3, -0.25) is 4.79 Å². The Morgan fingerprint density at radius 1 is 1.12 bits per heavy atom. The molecule has 1 unspecified atom stereocenters. The second kappa shape index (κ2) is 11.4. The summed E-state index contributed by atoms with van der Waals surface area (Å²) in [6, 6.07) is 10.9. The van der Waals surface area contributed by atoms with Crippen LogP contribution < -0.4 is 10.6 Å². The Balaban J connectivity index is 2.08. The van der Waals surface area contributed by atoms with Crippen LogP contribution in [-0.2, 0) is 11.2 Å². The van der Waals surface area contributed by atoms with Gasteiger partial charge in [0.15, 0.2) is 0 Å². The van der Waals surface area contributed by atoms with E-state index in [0.717, 1.165) is 54.6 Å². The lowest BCUT2D eigenvalue weighted by molar-refractivity contribution is -0.122.